The highest BCUT2D eigenvalue weighted by Gasteiger charge is 2.21. The number of benzene rings is 1. The molecule has 0 radical (unpaired) electrons. The van der Waals surface area contributed by atoms with Crippen molar-refractivity contribution in [3.05, 3.63) is 34.3 Å². The maximum absolute atomic E-state index is 12.0. The largest absolute Gasteiger partial charge is 0.496 e. The molecule has 1 unspecified atom stereocenters. The third-order valence-corrected chi connectivity index (χ3v) is 3.63. The van der Waals surface area contributed by atoms with Crippen molar-refractivity contribution in [1.29, 1.82) is 0 Å². The van der Waals surface area contributed by atoms with E-state index in [1.54, 1.807) is 24.2 Å². The van der Waals surface area contributed by atoms with Crippen LogP contribution in [-0.2, 0) is 4.79 Å². The van der Waals surface area contributed by atoms with Crippen molar-refractivity contribution < 1.29 is 9.53 Å². The second-order valence-corrected chi connectivity index (χ2v) is 5.47. The summed E-state index contributed by atoms with van der Waals surface area (Å²) in [4.78, 5) is 13.7. The molecule has 1 aliphatic heterocycles. The molecule has 1 aliphatic rings. The van der Waals surface area contributed by atoms with Crippen LogP contribution in [0.1, 0.15) is 12.0 Å². The molecule has 4 nitrogen and oxygen atoms in total. The Morgan fingerprint density at radius 2 is 2.37 bits per heavy atom. The number of carbonyl (C=O) groups excluding carboxylic acids is 1. The molecule has 102 valence electrons. The van der Waals surface area contributed by atoms with E-state index in [0.717, 1.165) is 28.8 Å². The number of likely N-dealkylation sites (tertiary alicyclic amines) is 1. The van der Waals surface area contributed by atoms with Crippen LogP contribution in [0.5, 0.6) is 5.75 Å². The van der Waals surface area contributed by atoms with Crippen LogP contribution < -0.4 is 10.5 Å². The van der Waals surface area contributed by atoms with Gasteiger partial charge in [-0.2, -0.15) is 0 Å². The molecule has 0 spiro atoms. The van der Waals surface area contributed by atoms with Gasteiger partial charge in [-0.1, -0.05) is 15.9 Å². The van der Waals surface area contributed by atoms with Gasteiger partial charge in [0.05, 0.1) is 7.11 Å². The minimum atomic E-state index is -0.00465. The van der Waals surface area contributed by atoms with Gasteiger partial charge in [0.2, 0.25) is 5.91 Å². The van der Waals surface area contributed by atoms with Crippen molar-refractivity contribution in [2.75, 3.05) is 20.2 Å². The molecule has 1 amide bonds. The van der Waals surface area contributed by atoms with Gasteiger partial charge in [-0.15, -0.1) is 0 Å². The second kappa shape index (κ2) is 6.21. The maximum atomic E-state index is 12.0. The minimum Gasteiger partial charge on any atom is -0.496 e. The average Bonchev–Trinajstić information content (AvgIpc) is 2.83. The lowest BCUT2D eigenvalue weighted by Gasteiger charge is -2.12. The number of methoxy groups -OCH3 is 1. The number of amides is 1. The van der Waals surface area contributed by atoms with Crippen molar-refractivity contribution in [1.82, 2.24) is 4.90 Å². The molecule has 1 aromatic carbocycles. The summed E-state index contributed by atoms with van der Waals surface area (Å²) >= 11 is 3.41. The first kappa shape index (κ1) is 14.1. The summed E-state index contributed by atoms with van der Waals surface area (Å²) in [6, 6.07) is 5.79. The van der Waals surface area contributed by atoms with Gasteiger partial charge in [-0.05, 0) is 30.7 Å². The quantitative estimate of drug-likeness (QED) is 0.865. The van der Waals surface area contributed by atoms with Crippen LogP contribution in [0.25, 0.3) is 6.08 Å². The molecule has 1 fully saturated rings. The summed E-state index contributed by atoms with van der Waals surface area (Å²) < 4.78 is 6.21. The summed E-state index contributed by atoms with van der Waals surface area (Å²) in [6.07, 6.45) is 4.22. The predicted octanol–water partition coefficient (Wildman–Crippen LogP) is 2.03. The first-order valence-corrected chi connectivity index (χ1v) is 6.95. The molecule has 0 saturated carbocycles. The second-order valence-electron chi connectivity index (χ2n) is 4.55. The van der Waals surface area contributed by atoms with Crippen LogP contribution >= 0.6 is 15.9 Å². The highest BCUT2D eigenvalue weighted by atomic mass is 79.9. The van der Waals surface area contributed by atoms with Crippen molar-refractivity contribution in [2.45, 2.75) is 12.5 Å². The molecule has 5 heteroatoms. The van der Waals surface area contributed by atoms with Gasteiger partial charge in [0.25, 0.3) is 0 Å². The van der Waals surface area contributed by atoms with E-state index < -0.39 is 0 Å². The summed E-state index contributed by atoms with van der Waals surface area (Å²) in [5, 5.41) is 0. The van der Waals surface area contributed by atoms with E-state index in [9.17, 15) is 4.79 Å². The van der Waals surface area contributed by atoms with Gasteiger partial charge in [0.15, 0.2) is 0 Å². The van der Waals surface area contributed by atoms with Crippen LogP contribution in [0.15, 0.2) is 28.7 Å². The predicted molar refractivity (Wildman–Crippen MR) is 78.9 cm³/mol. The first-order valence-electron chi connectivity index (χ1n) is 6.16. The number of hydrogen-bond donors (Lipinski definition) is 1. The molecule has 2 N–H and O–H groups in total. The Balaban J connectivity index is 2.09. The fraction of sp³-hybridized carbons (Fsp3) is 0.357. The topological polar surface area (TPSA) is 55.6 Å². The molecule has 19 heavy (non-hydrogen) atoms. The summed E-state index contributed by atoms with van der Waals surface area (Å²) in [5.74, 6) is 0.736. The summed E-state index contributed by atoms with van der Waals surface area (Å²) in [7, 11) is 1.61. The molecular formula is C14H17BrN2O2. The highest BCUT2D eigenvalue weighted by Crippen LogP contribution is 2.24. The van der Waals surface area contributed by atoms with Crippen molar-refractivity contribution in [3.8, 4) is 5.75 Å². The maximum Gasteiger partial charge on any atom is 0.246 e. The fourth-order valence-corrected chi connectivity index (χ4v) is 2.47. The molecule has 1 aromatic rings. The van der Waals surface area contributed by atoms with Gasteiger partial charge in [0.1, 0.15) is 5.75 Å². The van der Waals surface area contributed by atoms with Gasteiger partial charge < -0.3 is 15.4 Å². The number of nitrogens with two attached hydrogens (primary N) is 1. The summed E-state index contributed by atoms with van der Waals surface area (Å²) in [5.41, 5.74) is 6.66. The van der Waals surface area contributed by atoms with E-state index in [4.69, 9.17) is 10.5 Å². The van der Waals surface area contributed by atoms with Crippen molar-refractivity contribution in [3.63, 3.8) is 0 Å². The van der Waals surface area contributed by atoms with Gasteiger partial charge >= 0.3 is 0 Å². The van der Waals surface area contributed by atoms with Crippen molar-refractivity contribution >= 4 is 27.9 Å². The Labute approximate surface area is 121 Å². The van der Waals surface area contributed by atoms with Gasteiger partial charge in [-0.3, -0.25) is 4.79 Å². The van der Waals surface area contributed by atoms with E-state index in [0.29, 0.717) is 6.54 Å². The third kappa shape index (κ3) is 3.58. The first-order chi connectivity index (χ1) is 9.10. The number of nitrogens with zero attached hydrogens (tertiary/aromatic N) is 1. The molecular weight excluding hydrogens is 308 g/mol. The Bertz CT molecular complexity index is 502. The van der Waals surface area contributed by atoms with Crippen LogP contribution in [-0.4, -0.2) is 37.0 Å². The van der Waals surface area contributed by atoms with Crippen molar-refractivity contribution in [2.24, 2.45) is 5.73 Å². The Kier molecular flexibility index (Phi) is 4.61. The monoisotopic (exact) mass is 324 g/mol. The normalized spacial score (nSPS) is 19.1. The van der Waals surface area contributed by atoms with Gasteiger partial charge in [0, 0.05) is 35.2 Å². The molecule has 0 aliphatic carbocycles. The summed E-state index contributed by atoms with van der Waals surface area (Å²) in [6.45, 7) is 1.37. The molecule has 1 atom stereocenters. The van der Waals surface area contributed by atoms with Crippen LogP contribution in [0.2, 0.25) is 0 Å². The minimum absolute atomic E-state index is 0.00465. The molecule has 0 aromatic heterocycles. The SMILES string of the molecule is COc1ccc(Br)cc1/C=C/C(=O)N1CCC(N)C1. The number of ether oxygens (including phenoxy) is 1. The van der Waals surface area contributed by atoms with Crippen LogP contribution in [0.4, 0.5) is 0 Å². The van der Waals surface area contributed by atoms with Crippen LogP contribution in [0.3, 0.4) is 0 Å². The lowest BCUT2D eigenvalue weighted by molar-refractivity contribution is -0.124. The zero-order chi connectivity index (χ0) is 13.8. The lowest BCUT2D eigenvalue weighted by Crippen LogP contribution is -2.30. The zero-order valence-electron chi connectivity index (χ0n) is 10.8. The zero-order valence-corrected chi connectivity index (χ0v) is 12.4. The fourth-order valence-electron chi connectivity index (χ4n) is 2.09. The number of halogens is 1. The highest BCUT2D eigenvalue weighted by molar-refractivity contribution is 9.10. The van der Waals surface area contributed by atoms with Crippen LogP contribution in [0, 0.1) is 0 Å². The van der Waals surface area contributed by atoms with Gasteiger partial charge in [-0.25, -0.2) is 0 Å². The molecule has 1 saturated heterocycles. The molecule has 0 bridgehead atoms. The molecule has 2 rings (SSSR count). The van der Waals surface area contributed by atoms with E-state index in [-0.39, 0.29) is 11.9 Å². The van der Waals surface area contributed by atoms with E-state index >= 15 is 0 Å². The number of rotatable bonds is 3. The third-order valence-electron chi connectivity index (χ3n) is 3.13. The van der Waals surface area contributed by atoms with E-state index in [2.05, 4.69) is 15.9 Å². The number of hydrogen-bond acceptors (Lipinski definition) is 3. The Hall–Kier alpha value is -1.33. The molecule has 1 heterocycles. The number of carbonyl (C=O) groups is 1. The smallest absolute Gasteiger partial charge is 0.246 e. The average molecular weight is 325 g/mol. The lowest BCUT2D eigenvalue weighted by atomic mass is 10.2. The standard InChI is InChI=1S/C14H17BrN2O2/c1-19-13-4-3-11(15)8-10(13)2-5-14(18)17-7-6-12(16)9-17/h2-5,8,12H,6-7,9,16H2,1H3/b5-2+. The Morgan fingerprint density at radius 1 is 1.58 bits per heavy atom. The Morgan fingerprint density at radius 3 is 3.00 bits per heavy atom. The van der Waals surface area contributed by atoms with E-state index in [1.807, 2.05) is 18.2 Å². The van der Waals surface area contributed by atoms with E-state index in [1.165, 1.54) is 0 Å².